The van der Waals surface area contributed by atoms with Crippen LogP contribution in [0, 0.1) is 0 Å². The number of hydrogen-bond acceptors (Lipinski definition) is 5. The SMILES string of the molecule is CNC(COP(O)(=S)OC)C(=O)O. The highest BCUT2D eigenvalue weighted by Crippen LogP contribution is 2.42. The minimum absolute atomic E-state index is 0.229. The Hall–Kier alpha value is -0.0400. The molecule has 0 amide bonds. The summed E-state index contributed by atoms with van der Waals surface area (Å²) in [5, 5.41) is 11.0. The van der Waals surface area contributed by atoms with Crippen LogP contribution in [0.1, 0.15) is 0 Å². The largest absolute Gasteiger partial charge is 0.480 e. The van der Waals surface area contributed by atoms with Gasteiger partial charge in [0.1, 0.15) is 6.04 Å². The Bertz CT molecular complexity index is 223. The van der Waals surface area contributed by atoms with E-state index in [4.69, 9.17) is 14.5 Å². The number of hydrogen-bond donors (Lipinski definition) is 3. The van der Waals surface area contributed by atoms with Gasteiger partial charge in [-0.25, -0.2) is 0 Å². The van der Waals surface area contributed by atoms with E-state index in [0.717, 1.165) is 0 Å². The zero-order chi connectivity index (χ0) is 10.5. The standard InChI is InChI=1S/C5H12NO5PS/c1-6-4(5(7)8)3-11-12(9,13)10-2/h4,6H,3H2,1-2H3,(H,7,8)(H,9,13). The zero-order valence-corrected chi connectivity index (χ0v) is 8.97. The molecule has 0 aromatic carbocycles. The van der Waals surface area contributed by atoms with Crippen molar-refractivity contribution < 1.29 is 23.8 Å². The molecule has 0 heterocycles. The average Bonchev–Trinajstić information content (AvgIpc) is 2.05. The third kappa shape index (κ3) is 5.30. The second-order valence-corrected chi connectivity index (χ2v) is 5.07. The van der Waals surface area contributed by atoms with Gasteiger partial charge in [0.2, 0.25) is 0 Å². The minimum Gasteiger partial charge on any atom is -0.480 e. The Morgan fingerprint density at radius 3 is 2.62 bits per heavy atom. The monoisotopic (exact) mass is 229 g/mol. The van der Waals surface area contributed by atoms with Gasteiger partial charge in [-0.05, 0) is 18.9 Å². The fourth-order valence-corrected chi connectivity index (χ4v) is 1.12. The van der Waals surface area contributed by atoms with Gasteiger partial charge in [0.05, 0.1) is 6.61 Å². The van der Waals surface area contributed by atoms with E-state index in [1.807, 2.05) is 0 Å². The number of nitrogens with one attached hydrogen (secondary N) is 1. The second kappa shape index (κ2) is 5.64. The topological polar surface area (TPSA) is 88.0 Å². The summed E-state index contributed by atoms with van der Waals surface area (Å²) < 4.78 is 9.16. The number of likely N-dealkylation sites (N-methyl/N-ethyl adjacent to an activating group) is 1. The van der Waals surface area contributed by atoms with Crippen molar-refractivity contribution in [3.8, 4) is 0 Å². The van der Waals surface area contributed by atoms with E-state index in [1.54, 1.807) is 0 Å². The van der Waals surface area contributed by atoms with Gasteiger partial charge in [-0.2, -0.15) is 0 Å². The van der Waals surface area contributed by atoms with Crippen molar-refractivity contribution in [2.45, 2.75) is 6.04 Å². The van der Waals surface area contributed by atoms with Gasteiger partial charge < -0.3 is 24.4 Å². The predicted octanol–water partition coefficient (Wildman–Crippen LogP) is -0.461. The molecular formula is C5H12NO5PS. The summed E-state index contributed by atoms with van der Waals surface area (Å²) in [4.78, 5) is 19.6. The van der Waals surface area contributed by atoms with Gasteiger partial charge >= 0.3 is 12.7 Å². The predicted molar refractivity (Wildman–Crippen MR) is 49.9 cm³/mol. The van der Waals surface area contributed by atoms with E-state index in [0.29, 0.717) is 0 Å². The van der Waals surface area contributed by atoms with E-state index in [2.05, 4.69) is 21.6 Å². The maximum atomic E-state index is 10.4. The molecule has 13 heavy (non-hydrogen) atoms. The van der Waals surface area contributed by atoms with E-state index in [-0.39, 0.29) is 6.61 Å². The van der Waals surface area contributed by atoms with Gasteiger partial charge in [0.25, 0.3) is 0 Å². The number of carboxylic acid groups (broad SMARTS) is 1. The van der Waals surface area contributed by atoms with E-state index in [1.165, 1.54) is 14.2 Å². The first-order valence-corrected chi connectivity index (χ1v) is 5.95. The molecule has 2 atom stereocenters. The molecule has 2 unspecified atom stereocenters. The average molecular weight is 229 g/mol. The van der Waals surface area contributed by atoms with Crippen LogP contribution >= 0.6 is 6.72 Å². The molecule has 0 fully saturated rings. The van der Waals surface area contributed by atoms with Crippen molar-refractivity contribution in [3.05, 3.63) is 0 Å². The molecule has 0 aromatic heterocycles. The molecule has 0 aliphatic carbocycles. The van der Waals surface area contributed by atoms with Gasteiger partial charge in [-0.1, -0.05) is 0 Å². The third-order valence-electron chi connectivity index (χ3n) is 1.28. The molecule has 0 radical (unpaired) electrons. The van der Waals surface area contributed by atoms with Crippen molar-refractivity contribution in [3.63, 3.8) is 0 Å². The fourth-order valence-electron chi connectivity index (χ4n) is 0.500. The molecule has 78 valence electrons. The molecule has 0 bridgehead atoms. The van der Waals surface area contributed by atoms with Crippen molar-refractivity contribution in [2.75, 3.05) is 20.8 Å². The highest BCUT2D eigenvalue weighted by atomic mass is 32.5. The maximum Gasteiger partial charge on any atom is 0.324 e. The van der Waals surface area contributed by atoms with E-state index in [9.17, 15) is 4.79 Å². The number of aliphatic carboxylic acids is 1. The molecule has 0 aromatic rings. The molecule has 0 rings (SSSR count). The van der Waals surface area contributed by atoms with E-state index >= 15 is 0 Å². The normalized spacial score (nSPS) is 17.8. The summed E-state index contributed by atoms with van der Waals surface area (Å²) in [6, 6.07) is -0.898. The quantitative estimate of drug-likeness (QED) is 0.531. The molecule has 0 aliphatic heterocycles. The third-order valence-corrected chi connectivity index (χ3v) is 2.98. The van der Waals surface area contributed by atoms with Crippen LogP contribution in [0.2, 0.25) is 0 Å². The Balaban J connectivity index is 3.99. The van der Waals surface area contributed by atoms with Crippen LogP contribution < -0.4 is 5.32 Å². The molecule has 6 nitrogen and oxygen atoms in total. The summed E-state index contributed by atoms with van der Waals surface area (Å²) in [6.45, 7) is -3.48. The van der Waals surface area contributed by atoms with Crippen molar-refractivity contribution >= 4 is 24.5 Å². The fraction of sp³-hybridized carbons (Fsp3) is 0.800. The first-order chi connectivity index (χ1) is 5.93. The van der Waals surface area contributed by atoms with Crippen LogP contribution in [-0.4, -0.2) is 42.8 Å². The lowest BCUT2D eigenvalue weighted by atomic mass is 10.3. The van der Waals surface area contributed by atoms with Gasteiger partial charge in [-0.15, -0.1) is 0 Å². The van der Waals surface area contributed by atoms with Gasteiger partial charge in [0.15, 0.2) is 0 Å². The number of carbonyl (C=O) groups is 1. The lowest BCUT2D eigenvalue weighted by molar-refractivity contribution is -0.140. The Kier molecular flexibility index (Phi) is 5.62. The zero-order valence-electron chi connectivity index (χ0n) is 7.26. The van der Waals surface area contributed by atoms with Crippen LogP contribution in [0.3, 0.4) is 0 Å². The Morgan fingerprint density at radius 1 is 1.77 bits per heavy atom. The van der Waals surface area contributed by atoms with Crippen molar-refractivity contribution in [1.82, 2.24) is 5.32 Å². The van der Waals surface area contributed by atoms with Crippen LogP contribution in [-0.2, 0) is 25.6 Å². The van der Waals surface area contributed by atoms with Gasteiger partial charge in [-0.3, -0.25) is 4.79 Å². The molecule has 3 N–H and O–H groups in total. The lowest BCUT2D eigenvalue weighted by Crippen LogP contribution is -2.37. The molecule has 0 aliphatic rings. The summed E-state index contributed by atoms with van der Waals surface area (Å²) in [5.41, 5.74) is 0. The van der Waals surface area contributed by atoms with Crippen molar-refractivity contribution in [1.29, 1.82) is 0 Å². The summed E-state index contributed by atoms with van der Waals surface area (Å²) in [6.07, 6.45) is 0. The molecule has 0 saturated heterocycles. The van der Waals surface area contributed by atoms with E-state index < -0.39 is 18.7 Å². The number of rotatable bonds is 6. The minimum atomic E-state index is -3.25. The molecular weight excluding hydrogens is 217 g/mol. The molecule has 0 saturated carbocycles. The first-order valence-electron chi connectivity index (χ1n) is 3.36. The van der Waals surface area contributed by atoms with Crippen LogP contribution in [0.25, 0.3) is 0 Å². The number of carboxylic acids is 1. The summed E-state index contributed by atoms with van der Waals surface area (Å²) in [7, 11) is 2.67. The molecule has 0 spiro atoms. The smallest absolute Gasteiger partial charge is 0.324 e. The molecule has 8 heteroatoms. The first kappa shape index (κ1) is 13.0. The second-order valence-electron chi connectivity index (χ2n) is 2.13. The maximum absolute atomic E-state index is 10.4. The Labute approximate surface area is 81.1 Å². The lowest BCUT2D eigenvalue weighted by Gasteiger charge is -2.16. The van der Waals surface area contributed by atoms with Crippen LogP contribution in [0.4, 0.5) is 0 Å². The summed E-state index contributed by atoms with van der Waals surface area (Å²) >= 11 is 4.50. The Morgan fingerprint density at radius 2 is 2.31 bits per heavy atom. The highest BCUT2D eigenvalue weighted by Gasteiger charge is 2.20. The van der Waals surface area contributed by atoms with Crippen LogP contribution in [0.15, 0.2) is 0 Å². The highest BCUT2D eigenvalue weighted by molar-refractivity contribution is 8.07. The van der Waals surface area contributed by atoms with Crippen molar-refractivity contribution in [2.24, 2.45) is 0 Å². The summed E-state index contributed by atoms with van der Waals surface area (Å²) in [5.74, 6) is -1.08. The van der Waals surface area contributed by atoms with Crippen LogP contribution in [0.5, 0.6) is 0 Å². The van der Waals surface area contributed by atoms with Gasteiger partial charge in [0, 0.05) is 7.11 Å².